The van der Waals surface area contributed by atoms with Gasteiger partial charge in [-0.15, -0.1) is 0 Å². The molecule has 7 nitrogen and oxygen atoms in total. The maximum absolute atomic E-state index is 8.07. The zero-order chi connectivity index (χ0) is 4.12. The maximum Gasteiger partial charge on any atom is 0.0430 e. The summed E-state index contributed by atoms with van der Waals surface area (Å²) in [4.78, 5) is 0. The molecule has 0 aliphatic heterocycles. The summed E-state index contributed by atoms with van der Waals surface area (Å²) in [6, 6.07) is 0. The highest BCUT2D eigenvalue weighted by Gasteiger charge is 1.69. The minimum atomic E-state index is 0. The second kappa shape index (κ2) is 99.9. The van der Waals surface area contributed by atoms with Crippen LogP contribution >= 0.6 is 0 Å². The summed E-state index contributed by atoms with van der Waals surface area (Å²) in [6.07, 6.45) is 2.04. The van der Waals surface area contributed by atoms with Gasteiger partial charge in [-0.05, 0) is 6.42 Å². The highest BCUT2D eigenvalue weighted by molar-refractivity contribution is 4.23. The fraction of sp³-hybridized carbons (Fsp3) is 1.00. The lowest BCUT2D eigenvalue weighted by atomic mass is 10.4. The van der Waals surface area contributed by atoms with Crippen molar-refractivity contribution in [3.63, 3.8) is 0 Å². The molecule has 0 aromatic carbocycles. The summed E-state index contributed by atoms with van der Waals surface area (Å²) in [6.45, 7) is 2.40. The summed E-state index contributed by atoms with van der Waals surface area (Å²) in [7, 11) is 0. The molecule has 0 radical (unpaired) electrons. The van der Waals surface area contributed by atoms with Crippen molar-refractivity contribution in [2.45, 2.75) is 19.8 Å². The van der Waals surface area contributed by atoms with E-state index in [4.69, 9.17) is 5.11 Å². The molecule has 0 amide bonds. The van der Waals surface area contributed by atoms with Crippen LogP contribution in [0.4, 0.5) is 0 Å². The second-order valence-corrected chi connectivity index (χ2v) is 1.08. The van der Waals surface area contributed by atoms with Crippen LogP contribution in [-0.4, -0.2) is 44.6 Å². The predicted molar refractivity (Wildman–Crippen MR) is 43.7 cm³/mol. The van der Waals surface area contributed by atoms with Gasteiger partial charge in [0.15, 0.2) is 0 Å². The molecule has 0 spiro atoms. The van der Waals surface area contributed by atoms with Crippen molar-refractivity contribution in [2.75, 3.05) is 6.61 Å². The Morgan fingerprint density at radius 3 is 1.09 bits per heavy atom. The molecule has 0 atom stereocenters. The molecular weight excluding hydrogens is 160 g/mol. The first-order chi connectivity index (χ1) is 2.41. The van der Waals surface area contributed by atoms with Crippen molar-refractivity contribution in [1.29, 1.82) is 0 Å². The molecule has 0 bridgehead atoms. The average molecular weight is 182 g/mol. The van der Waals surface area contributed by atoms with Gasteiger partial charge in [-0.1, -0.05) is 13.3 Å². The number of hydrogen-bond donors (Lipinski definition) is 1. The summed E-state index contributed by atoms with van der Waals surface area (Å²) < 4.78 is 0. The zero-order valence-corrected chi connectivity index (χ0v) is 6.57. The largest absolute Gasteiger partial charge is 0.412 e. The third kappa shape index (κ3) is 196. The van der Waals surface area contributed by atoms with Gasteiger partial charge in [0.05, 0.1) is 0 Å². The third-order valence-electron chi connectivity index (χ3n) is 0.512. The Labute approximate surface area is 65.5 Å². The zero-order valence-electron chi connectivity index (χ0n) is 6.57. The predicted octanol–water partition coefficient (Wildman–Crippen LogP) is -4.17. The standard InChI is InChI=1S/C4H10O.6H2O/c1-2-3-4-5;;;;;;/h5H,2-4H2,1H3;6*1H2. The first-order valence-electron chi connectivity index (χ1n) is 2.02. The number of rotatable bonds is 2. The van der Waals surface area contributed by atoms with Crippen molar-refractivity contribution in [3.8, 4) is 0 Å². The molecule has 0 heterocycles. The van der Waals surface area contributed by atoms with Gasteiger partial charge in [0, 0.05) is 6.61 Å². The Morgan fingerprint density at radius 2 is 1.09 bits per heavy atom. The smallest absolute Gasteiger partial charge is 0.0430 e. The van der Waals surface area contributed by atoms with Crippen LogP contribution in [0.2, 0.25) is 0 Å². The van der Waals surface area contributed by atoms with Crippen LogP contribution < -0.4 is 0 Å². The van der Waals surface area contributed by atoms with Crippen LogP contribution in [-0.2, 0) is 0 Å². The molecule has 13 N–H and O–H groups in total. The van der Waals surface area contributed by atoms with Gasteiger partial charge in [0.25, 0.3) is 0 Å². The minimum Gasteiger partial charge on any atom is -0.412 e. The molecule has 11 heavy (non-hydrogen) atoms. The average Bonchev–Trinajstić information content (AvgIpc) is 1.41. The van der Waals surface area contributed by atoms with Crippen molar-refractivity contribution < 1.29 is 38.0 Å². The topological polar surface area (TPSA) is 209 Å². The van der Waals surface area contributed by atoms with Crippen LogP contribution in [0.3, 0.4) is 0 Å². The Balaban J connectivity index is -0.00000000533. The van der Waals surface area contributed by atoms with Gasteiger partial charge in [-0.2, -0.15) is 0 Å². The Morgan fingerprint density at radius 1 is 0.818 bits per heavy atom. The van der Waals surface area contributed by atoms with E-state index in [2.05, 4.69) is 6.92 Å². The van der Waals surface area contributed by atoms with Crippen molar-refractivity contribution in [3.05, 3.63) is 0 Å². The molecule has 7 heteroatoms. The fourth-order valence-electron chi connectivity index (χ4n) is 0.158. The molecule has 0 rings (SSSR count). The summed E-state index contributed by atoms with van der Waals surface area (Å²) in [5.74, 6) is 0. The van der Waals surface area contributed by atoms with E-state index >= 15 is 0 Å². The van der Waals surface area contributed by atoms with Crippen LogP contribution in [0.1, 0.15) is 19.8 Å². The number of aliphatic hydroxyl groups is 1. The Kier molecular flexibility index (Phi) is 665. The first kappa shape index (κ1) is 73.2. The summed E-state index contributed by atoms with van der Waals surface area (Å²) in [5.41, 5.74) is 0. The normalized spacial score (nSPS) is 3.82. The molecule has 0 fully saturated rings. The monoisotopic (exact) mass is 182 g/mol. The van der Waals surface area contributed by atoms with E-state index in [-0.39, 0.29) is 32.9 Å². The first-order valence-corrected chi connectivity index (χ1v) is 2.02. The molecule has 0 aromatic heterocycles. The molecule has 0 aliphatic rings. The van der Waals surface area contributed by atoms with Crippen LogP contribution in [0.5, 0.6) is 0 Å². The van der Waals surface area contributed by atoms with Crippen molar-refractivity contribution >= 4 is 0 Å². The van der Waals surface area contributed by atoms with E-state index in [0.717, 1.165) is 12.8 Å². The molecule has 0 saturated carbocycles. The molecule has 0 saturated heterocycles. The Hall–Kier alpha value is -0.280. The van der Waals surface area contributed by atoms with E-state index in [9.17, 15) is 0 Å². The third-order valence-corrected chi connectivity index (χ3v) is 0.512. The van der Waals surface area contributed by atoms with Crippen LogP contribution in [0.25, 0.3) is 0 Å². The lowest BCUT2D eigenvalue weighted by molar-refractivity contribution is 0.287. The molecular formula is C4H22O7. The minimum absolute atomic E-state index is 0. The van der Waals surface area contributed by atoms with E-state index < -0.39 is 0 Å². The van der Waals surface area contributed by atoms with Crippen molar-refractivity contribution in [1.82, 2.24) is 0 Å². The Bertz CT molecular complexity index is 17.9. The van der Waals surface area contributed by atoms with Gasteiger partial charge in [-0.25, -0.2) is 0 Å². The second-order valence-electron chi connectivity index (χ2n) is 1.08. The molecule has 80 valence electrons. The van der Waals surface area contributed by atoms with Gasteiger partial charge in [0.1, 0.15) is 0 Å². The quantitative estimate of drug-likeness (QED) is 0.442. The van der Waals surface area contributed by atoms with Gasteiger partial charge in [-0.3, -0.25) is 0 Å². The van der Waals surface area contributed by atoms with E-state index in [0.29, 0.717) is 6.61 Å². The van der Waals surface area contributed by atoms with Gasteiger partial charge in [0.2, 0.25) is 0 Å². The number of hydrogen-bond acceptors (Lipinski definition) is 1. The summed E-state index contributed by atoms with van der Waals surface area (Å²) >= 11 is 0. The number of unbranched alkanes of at least 4 members (excludes halogenated alkanes) is 1. The van der Waals surface area contributed by atoms with Crippen LogP contribution in [0, 0.1) is 0 Å². The molecule has 0 aromatic rings. The van der Waals surface area contributed by atoms with E-state index in [1.165, 1.54) is 0 Å². The number of aliphatic hydroxyl groups excluding tert-OH is 1. The fourth-order valence-corrected chi connectivity index (χ4v) is 0.158. The molecule has 0 unspecified atom stereocenters. The highest BCUT2D eigenvalue weighted by atomic mass is 16.2. The summed E-state index contributed by atoms with van der Waals surface area (Å²) in [5, 5.41) is 8.07. The van der Waals surface area contributed by atoms with Crippen LogP contribution in [0.15, 0.2) is 0 Å². The lowest BCUT2D eigenvalue weighted by Gasteiger charge is -1.79. The van der Waals surface area contributed by atoms with Gasteiger partial charge >= 0.3 is 0 Å². The highest BCUT2D eigenvalue weighted by Crippen LogP contribution is 1.78. The SMILES string of the molecule is CCCCO.O.O.O.O.O.O. The maximum atomic E-state index is 8.07. The van der Waals surface area contributed by atoms with Crippen molar-refractivity contribution in [2.24, 2.45) is 0 Å². The van der Waals surface area contributed by atoms with Gasteiger partial charge < -0.3 is 38.0 Å². The molecule has 0 aliphatic carbocycles. The van der Waals surface area contributed by atoms with E-state index in [1.54, 1.807) is 0 Å². The lowest BCUT2D eigenvalue weighted by Crippen LogP contribution is -1.75. The van der Waals surface area contributed by atoms with E-state index in [1.807, 2.05) is 0 Å².